The molecule has 0 aromatic carbocycles. The van der Waals surface area contributed by atoms with E-state index in [4.69, 9.17) is 9.26 Å². The number of carbonyl (C=O) groups excluding carboxylic acids is 1. The van der Waals surface area contributed by atoms with Crippen LogP contribution < -0.4 is 0 Å². The Morgan fingerprint density at radius 3 is 2.83 bits per heavy atom. The van der Waals surface area contributed by atoms with Crippen molar-refractivity contribution in [2.24, 2.45) is 5.41 Å². The van der Waals surface area contributed by atoms with Crippen LogP contribution in [0.25, 0.3) is 0 Å². The third-order valence-corrected chi connectivity index (χ3v) is 3.97. The summed E-state index contributed by atoms with van der Waals surface area (Å²) in [6.45, 7) is 2.45. The number of aromatic nitrogens is 1. The number of hydrogen-bond donors (Lipinski definition) is 0. The van der Waals surface area contributed by atoms with Crippen LogP contribution in [-0.4, -0.2) is 36.7 Å². The number of hydrogen-bond acceptors (Lipinski definition) is 4. The summed E-state index contributed by atoms with van der Waals surface area (Å²) >= 11 is 0. The average Bonchev–Trinajstić information content (AvgIpc) is 2.84. The third-order valence-electron chi connectivity index (χ3n) is 3.97. The Kier molecular flexibility index (Phi) is 3.71. The van der Waals surface area contributed by atoms with E-state index in [1.165, 1.54) is 6.26 Å². The van der Waals surface area contributed by atoms with Crippen LogP contribution in [0.1, 0.15) is 37.9 Å². The molecule has 1 aromatic heterocycles. The summed E-state index contributed by atoms with van der Waals surface area (Å²) in [6.07, 6.45) is 4.45. The Labute approximate surface area is 107 Å². The number of amides is 1. The van der Waals surface area contributed by atoms with Crippen LogP contribution in [0.3, 0.4) is 0 Å². The second-order valence-corrected chi connectivity index (χ2v) is 5.08. The average molecular weight is 252 g/mol. The van der Waals surface area contributed by atoms with E-state index in [9.17, 15) is 4.79 Å². The monoisotopic (exact) mass is 252 g/mol. The number of methoxy groups -OCH3 is 1. The van der Waals surface area contributed by atoms with Crippen LogP contribution in [0.5, 0.6) is 0 Å². The molecule has 5 heteroatoms. The molecule has 0 saturated heterocycles. The van der Waals surface area contributed by atoms with Gasteiger partial charge in [-0.05, 0) is 19.8 Å². The zero-order chi connectivity index (χ0) is 13.2. The highest BCUT2D eigenvalue weighted by Gasteiger charge is 2.46. The van der Waals surface area contributed by atoms with E-state index in [-0.39, 0.29) is 17.4 Å². The molecular weight excluding hydrogens is 232 g/mol. The van der Waals surface area contributed by atoms with Gasteiger partial charge in [-0.3, -0.25) is 4.79 Å². The fourth-order valence-electron chi connectivity index (χ4n) is 2.49. The first-order valence-corrected chi connectivity index (χ1v) is 6.27. The molecule has 1 atom stereocenters. The van der Waals surface area contributed by atoms with Crippen molar-refractivity contribution < 1.29 is 14.1 Å². The fourth-order valence-corrected chi connectivity index (χ4v) is 2.49. The molecular formula is C13H20N2O3. The van der Waals surface area contributed by atoms with Crippen molar-refractivity contribution in [3.8, 4) is 0 Å². The summed E-state index contributed by atoms with van der Waals surface area (Å²) in [6, 6.07) is 1.71. The molecule has 0 spiro atoms. The first-order valence-electron chi connectivity index (χ1n) is 6.27. The maximum atomic E-state index is 12.6. The zero-order valence-corrected chi connectivity index (χ0v) is 11.2. The molecule has 0 bridgehead atoms. The summed E-state index contributed by atoms with van der Waals surface area (Å²) in [5.41, 5.74) is 0.458. The Hall–Kier alpha value is -1.36. The number of rotatable bonds is 5. The van der Waals surface area contributed by atoms with Crippen LogP contribution in [0.4, 0.5) is 0 Å². The van der Waals surface area contributed by atoms with Crippen molar-refractivity contribution >= 4 is 5.91 Å². The highest BCUT2D eigenvalue weighted by Crippen LogP contribution is 2.43. The van der Waals surface area contributed by atoms with Gasteiger partial charge in [-0.1, -0.05) is 11.6 Å². The van der Waals surface area contributed by atoms with E-state index in [0.29, 0.717) is 6.61 Å². The Morgan fingerprint density at radius 2 is 2.39 bits per heavy atom. The zero-order valence-electron chi connectivity index (χ0n) is 11.2. The molecule has 1 saturated carbocycles. The van der Waals surface area contributed by atoms with Gasteiger partial charge in [0.1, 0.15) is 12.0 Å². The van der Waals surface area contributed by atoms with Gasteiger partial charge in [0.25, 0.3) is 0 Å². The molecule has 2 rings (SSSR count). The topological polar surface area (TPSA) is 55.6 Å². The number of nitrogens with zero attached hydrogens (tertiary/aromatic N) is 2. The lowest BCUT2D eigenvalue weighted by Gasteiger charge is -2.43. The highest BCUT2D eigenvalue weighted by atomic mass is 16.5. The van der Waals surface area contributed by atoms with Crippen molar-refractivity contribution in [3.05, 3.63) is 18.0 Å². The summed E-state index contributed by atoms with van der Waals surface area (Å²) in [5.74, 6) is 0.145. The van der Waals surface area contributed by atoms with Gasteiger partial charge in [-0.25, -0.2) is 0 Å². The molecule has 1 aromatic rings. The van der Waals surface area contributed by atoms with Crippen molar-refractivity contribution in [3.63, 3.8) is 0 Å². The normalized spacial score (nSPS) is 19.1. The lowest BCUT2D eigenvalue weighted by Crippen LogP contribution is -2.49. The molecule has 18 heavy (non-hydrogen) atoms. The van der Waals surface area contributed by atoms with Crippen LogP contribution >= 0.6 is 0 Å². The minimum atomic E-state index is -0.318. The second-order valence-electron chi connectivity index (χ2n) is 5.08. The van der Waals surface area contributed by atoms with E-state index in [2.05, 4.69) is 5.16 Å². The van der Waals surface area contributed by atoms with Gasteiger partial charge in [0, 0.05) is 20.2 Å². The summed E-state index contributed by atoms with van der Waals surface area (Å²) in [5, 5.41) is 3.89. The maximum Gasteiger partial charge on any atom is 0.231 e. The molecule has 1 aliphatic carbocycles. The van der Waals surface area contributed by atoms with E-state index < -0.39 is 0 Å². The minimum Gasteiger partial charge on any atom is -0.384 e. The van der Waals surface area contributed by atoms with Gasteiger partial charge in [0.15, 0.2) is 0 Å². The van der Waals surface area contributed by atoms with Crippen molar-refractivity contribution in [2.45, 2.75) is 32.2 Å². The van der Waals surface area contributed by atoms with Crippen LogP contribution in [0.15, 0.2) is 16.9 Å². The smallest absolute Gasteiger partial charge is 0.231 e. The van der Waals surface area contributed by atoms with Gasteiger partial charge in [-0.15, -0.1) is 0 Å². The van der Waals surface area contributed by atoms with Gasteiger partial charge in [0.05, 0.1) is 18.1 Å². The lowest BCUT2D eigenvalue weighted by atomic mass is 9.68. The van der Waals surface area contributed by atoms with Crippen LogP contribution in [0.2, 0.25) is 0 Å². The predicted molar refractivity (Wildman–Crippen MR) is 65.8 cm³/mol. The highest BCUT2D eigenvalue weighted by molar-refractivity contribution is 5.84. The SMILES string of the molecule is COCC1(C(=O)N(C)C(C)c2ccon2)CCC1. The fraction of sp³-hybridized carbons (Fsp3) is 0.692. The molecule has 1 heterocycles. The summed E-state index contributed by atoms with van der Waals surface area (Å²) in [7, 11) is 3.46. The molecule has 1 aliphatic rings. The molecule has 0 radical (unpaired) electrons. The van der Waals surface area contributed by atoms with E-state index in [1.807, 2.05) is 14.0 Å². The standard InChI is InChI=1S/C13H20N2O3/c1-10(11-5-8-18-14-11)15(2)12(16)13(9-17-3)6-4-7-13/h5,8,10H,4,6-7,9H2,1-3H3. The Balaban J connectivity index is 2.08. The minimum absolute atomic E-state index is 0.0782. The first-order chi connectivity index (χ1) is 8.60. The van der Waals surface area contributed by atoms with Crippen LogP contribution in [-0.2, 0) is 9.53 Å². The van der Waals surface area contributed by atoms with E-state index >= 15 is 0 Å². The maximum absolute atomic E-state index is 12.6. The van der Waals surface area contributed by atoms with Gasteiger partial charge in [0.2, 0.25) is 5.91 Å². The van der Waals surface area contributed by atoms with Gasteiger partial charge < -0.3 is 14.2 Å². The quantitative estimate of drug-likeness (QED) is 0.804. The third kappa shape index (κ3) is 2.14. The molecule has 1 amide bonds. The van der Waals surface area contributed by atoms with Crippen LogP contribution in [0, 0.1) is 5.41 Å². The lowest BCUT2D eigenvalue weighted by molar-refractivity contribution is -0.152. The van der Waals surface area contributed by atoms with E-state index in [0.717, 1.165) is 25.0 Å². The van der Waals surface area contributed by atoms with E-state index in [1.54, 1.807) is 18.1 Å². The largest absolute Gasteiger partial charge is 0.384 e. The van der Waals surface area contributed by atoms with Crippen molar-refractivity contribution in [1.29, 1.82) is 0 Å². The molecule has 1 unspecified atom stereocenters. The Morgan fingerprint density at radius 1 is 1.67 bits per heavy atom. The molecule has 1 fully saturated rings. The van der Waals surface area contributed by atoms with Crippen molar-refractivity contribution in [1.82, 2.24) is 10.1 Å². The van der Waals surface area contributed by atoms with Gasteiger partial charge in [-0.2, -0.15) is 0 Å². The molecule has 100 valence electrons. The molecule has 5 nitrogen and oxygen atoms in total. The van der Waals surface area contributed by atoms with Crippen molar-refractivity contribution in [2.75, 3.05) is 20.8 Å². The summed E-state index contributed by atoms with van der Waals surface area (Å²) < 4.78 is 10.0. The summed E-state index contributed by atoms with van der Waals surface area (Å²) in [4.78, 5) is 14.3. The molecule has 0 aliphatic heterocycles. The number of carbonyl (C=O) groups is 1. The number of ether oxygens (including phenoxy) is 1. The Bertz CT molecular complexity index is 398. The van der Waals surface area contributed by atoms with Gasteiger partial charge >= 0.3 is 0 Å². The molecule has 0 N–H and O–H groups in total. The predicted octanol–water partition coefficient (Wildman–Crippen LogP) is 2.01. The first kappa shape index (κ1) is 13.1. The second kappa shape index (κ2) is 5.10.